The Labute approximate surface area is 139 Å². The highest BCUT2D eigenvalue weighted by atomic mass is 16.1. The number of piperazine rings is 1. The highest BCUT2D eigenvalue weighted by molar-refractivity contribution is 5.79. The Morgan fingerprint density at radius 2 is 2.00 bits per heavy atom. The summed E-state index contributed by atoms with van der Waals surface area (Å²) in [7, 11) is 2.20. The fraction of sp³-hybridized carbons (Fsp3) is 0.632. The molecule has 1 saturated heterocycles. The molecule has 1 amide bonds. The molecule has 1 aliphatic carbocycles. The Hall–Kier alpha value is -1.39. The molecule has 0 bridgehead atoms. The average Bonchev–Trinajstić information content (AvgIpc) is 2.52. The summed E-state index contributed by atoms with van der Waals surface area (Å²) in [6, 6.07) is 11.3. The van der Waals surface area contributed by atoms with Gasteiger partial charge in [-0.1, -0.05) is 36.8 Å². The van der Waals surface area contributed by atoms with Crippen molar-refractivity contribution in [2.45, 2.75) is 31.7 Å². The standard InChI is InChI=1S/C19H29N3O/c1-21-13-14-22(18(15-21)16-7-3-2-4-8-16)12-6-11-20-19(23)17-9-5-10-17/h2-4,7-8,17-18H,5-6,9-15H2,1H3,(H,20,23). The maximum atomic E-state index is 11.9. The lowest BCUT2D eigenvalue weighted by atomic mass is 9.85. The van der Waals surface area contributed by atoms with E-state index in [2.05, 4.69) is 52.5 Å². The van der Waals surface area contributed by atoms with Gasteiger partial charge in [0, 0.05) is 44.7 Å². The molecule has 126 valence electrons. The quantitative estimate of drug-likeness (QED) is 0.818. The monoisotopic (exact) mass is 315 g/mol. The minimum absolute atomic E-state index is 0.272. The van der Waals surface area contributed by atoms with Crippen LogP contribution < -0.4 is 5.32 Å². The van der Waals surface area contributed by atoms with Gasteiger partial charge in [0.15, 0.2) is 0 Å². The molecule has 1 saturated carbocycles. The predicted molar refractivity (Wildman–Crippen MR) is 93.2 cm³/mol. The Kier molecular flexibility index (Phi) is 5.68. The maximum Gasteiger partial charge on any atom is 0.223 e. The van der Waals surface area contributed by atoms with Crippen molar-refractivity contribution >= 4 is 5.91 Å². The van der Waals surface area contributed by atoms with Crippen LogP contribution in [0.2, 0.25) is 0 Å². The van der Waals surface area contributed by atoms with Crippen molar-refractivity contribution < 1.29 is 4.79 Å². The van der Waals surface area contributed by atoms with Crippen LogP contribution in [-0.4, -0.2) is 55.5 Å². The van der Waals surface area contributed by atoms with Gasteiger partial charge in [-0.3, -0.25) is 9.69 Å². The van der Waals surface area contributed by atoms with Crippen molar-refractivity contribution in [3.05, 3.63) is 35.9 Å². The molecule has 1 unspecified atom stereocenters. The minimum atomic E-state index is 0.272. The second-order valence-corrected chi connectivity index (χ2v) is 7.00. The van der Waals surface area contributed by atoms with Crippen LogP contribution in [0.3, 0.4) is 0 Å². The number of nitrogens with zero attached hydrogens (tertiary/aromatic N) is 2. The van der Waals surface area contributed by atoms with Gasteiger partial charge in [0.1, 0.15) is 0 Å². The fourth-order valence-electron chi connectivity index (χ4n) is 3.52. The van der Waals surface area contributed by atoms with Crippen LogP contribution in [0.15, 0.2) is 30.3 Å². The molecule has 4 nitrogen and oxygen atoms in total. The largest absolute Gasteiger partial charge is 0.356 e. The summed E-state index contributed by atoms with van der Waals surface area (Å²) in [5.41, 5.74) is 1.40. The lowest BCUT2D eigenvalue weighted by Crippen LogP contribution is -2.47. The zero-order valence-electron chi connectivity index (χ0n) is 14.2. The number of hydrogen-bond acceptors (Lipinski definition) is 3. The molecule has 2 aliphatic rings. The number of carbonyl (C=O) groups is 1. The molecular formula is C19H29N3O. The van der Waals surface area contributed by atoms with Crippen molar-refractivity contribution in [1.82, 2.24) is 15.1 Å². The van der Waals surface area contributed by atoms with E-state index < -0.39 is 0 Å². The Morgan fingerprint density at radius 3 is 2.70 bits per heavy atom. The molecule has 1 aliphatic heterocycles. The normalized spacial score (nSPS) is 23.4. The maximum absolute atomic E-state index is 11.9. The van der Waals surface area contributed by atoms with Crippen LogP contribution >= 0.6 is 0 Å². The summed E-state index contributed by atoms with van der Waals surface area (Å²) in [6.07, 6.45) is 4.42. The van der Waals surface area contributed by atoms with Crippen molar-refractivity contribution in [3.63, 3.8) is 0 Å². The van der Waals surface area contributed by atoms with Crippen molar-refractivity contribution in [1.29, 1.82) is 0 Å². The Bertz CT molecular complexity index is 501. The van der Waals surface area contributed by atoms with Crippen LogP contribution in [0, 0.1) is 5.92 Å². The number of hydrogen-bond donors (Lipinski definition) is 1. The lowest BCUT2D eigenvalue weighted by molar-refractivity contribution is -0.127. The summed E-state index contributed by atoms with van der Waals surface area (Å²) in [4.78, 5) is 16.9. The van der Waals surface area contributed by atoms with E-state index in [1.54, 1.807) is 0 Å². The summed E-state index contributed by atoms with van der Waals surface area (Å²) in [5, 5.41) is 3.11. The molecule has 0 radical (unpaired) electrons. The molecule has 2 fully saturated rings. The minimum Gasteiger partial charge on any atom is -0.356 e. The van der Waals surface area contributed by atoms with Gasteiger partial charge >= 0.3 is 0 Å². The van der Waals surface area contributed by atoms with Crippen molar-refractivity contribution in [3.8, 4) is 0 Å². The molecule has 23 heavy (non-hydrogen) atoms. The summed E-state index contributed by atoms with van der Waals surface area (Å²) in [5.74, 6) is 0.574. The first-order chi connectivity index (χ1) is 11.2. The van der Waals surface area contributed by atoms with Gasteiger partial charge in [-0.05, 0) is 31.9 Å². The third kappa shape index (κ3) is 4.33. The molecule has 0 spiro atoms. The summed E-state index contributed by atoms with van der Waals surface area (Å²) in [6.45, 7) is 5.17. The van der Waals surface area contributed by atoms with Crippen LogP contribution in [0.1, 0.15) is 37.3 Å². The van der Waals surface area contributed by atoms with E-state index >= 15 is 0 Å². The van der Waals surface area contributed by atoms with Crippen molar-refractivity contribution in [2.24, 2.45) is 5.92 Å². The van der Waals surface area contributed by atoms with Crippen LogP contribution in [0.25, 0.3) is 0 Å². The molecule has 3 rings (SSSR count). The number of benzene rings is 1. The van der Waals surface area contributed by atoms with E-state index in [9.17, 15) is 4.79 Å². The SMILES string of the molecule is CN1CCN(CCCNC(=O)C2CCC2)C(c2ccccc2)C1. The lowest BCUT2D eigenvalue weighted by Gasteiger charge is -2.40. The second kappa shape index (κ2) is 7.93. The van der Waals surface area contributed by atoms with Gasteiger partial charge in [-0.15, -0.1) is 0 Å². The number of rotatable bonds is 6. The third-order valence-corrected chi connectivity index (χ3v) is 5.28. The average molecular weight is 315 g/mol. The first-order valence-corrected chi connectivity index (χ1v) is 8.99. The molecule has 1 N–H and O–H groups in total. The molecular weight excluding hydrogens is 286 g/mol. The molecule has 1 atom stereocenters. The predicted octanol–water partition coefficient (Wildman–Crippen LogP) is 2.28. The van der Waals surface area contributed by atoms with Gasteiger partial charge in [0.2, 0.25) is 5.91 Å². The zero-order valence-corrected chi connectivity index (χ0v) is 14.2. The smallest absolute Gasteiger partial charge is 0.223 e. The van der Waals surface area contributed by atoms with E-state index in [0.29, 0.717) is 12.0 Å². The van der Waals surface area contributed by atoms with Gasteiger partial charge < -0.3 is 10.2 Å². The van der Waals surface area contributed by atoms with Gasteiger partial charge in [0.05, 0.1) is 0 Å². The Balaban J connectivity index is 1.47. The van der Waals surface area contributed by atoms with Crippen LogP contribution in [0.4, 0.5) is 0 Å². The van der Waals surface area contributed by atoms with E-state index in [1.807, 2.05) is 0 Å². The van der Waals surface area contributed by atoms with Crippen LogP contribution in [0.5, 0.6) is 0 Å². The first kappa shape index (κ1) is 16.5. The molecule has 4 heteroatoms. The van der Waals surface area contributed by atoms with E-state index in [4.69, 9.17) is 0 Å². The molecule has 1 aromatic rings. The topological polar surface area (TPSA) is 35.6 Å². The van der Waals surface area contributed by atoms with E-state index in [0.717, 1.165) is 52.0 Å². The fourth-order valence-corrected chi connectivity index (χ4v) is 3.52. The van der Waals surface area contributed by atoms with Crippen LogP contribution in [-0.2, 0) is 4.79 Å². The Morgan fingerprint density at radius 1 is 1.22 bits per heavy atom. The number of carbonyl (C=O) groups excluding carboxylic acids is 1. The number of likely N-dealkylation sites (N-methyl/N-ethyl adjacent to an activating group) is 1. The molecule has 1 aromatic carbocycles. The van der Waals surface area contributed by atoms with Crippen molar-refractivity contribution in [2.75, 3.05) is 39.8 Å². The highest BCUT2D eigenvalue weighted by Crippen LogP contribution is 2.26. The van der Waals surface area contributed by atoms with E-state index in [1.165, 1.54) is 12.0 Å². The van der Waals surface area contributed by atoms with Gasteiger partial charge in [0.25, 0.3) is 0 Å². The highest BCUT2D eigenvalue weighted by Gasteiger charge is 2.27. The third-order valence-electron chi connectivity index (χ3n) is 5.28. The molecule has 1 heterocycles. The second-order valence-electron chi connectivity index (χ2n) is 7.00. The summed E-state index contributed by atoms with van der Waals surface area (Å²) >= 11 is 0. The summed E-state index contributed by atoms with van der Waals surface area (Å²) < 4.78 is 0. The van der Waals surface area contributed by atoms with E-state index in [-0.39, 0.29) is 5.91 Å². The van der Waals surface area contributed by atoms with Gasteiger partial charge in [-0.2, -0.15) is 0 Å². The zero-order chi connectivity index (χ0) is 16.1. The number of amides is 1. The molecule has 0 aromatic heterocycles. The number of nitrogens with one attached hydrogen (secondary N) is 1. The van der Waals surface area contributed by atoms with Gasteiger partial charge in [-0.25, -0.2) is 0 Å². The first-order valence-electron chi connectivity index (χ1n) is 8.99.